The summed E-state index contributed by atoms with van der Waals surface area (Å²) < 4.78 is 5.73. The third-order valence-electron chi connectivity index (χ3n) is 3.36. The van der Waals surface area contributed by atoms with Gasteiger partial charge in [-0.05, 0) is 37.5 Å². The van der Waals surface area contributed by atoms with Crippen LogP contribution in [0, 0.1) is 11.3 Å². The maximum Gasteiger partial charge on any atom is 0.328 e. The molecule has 1 saturated heterocycles. The Balaban J connectivity index is 2.38. The average molecular weight is 323 g/mol. The lowest BCUT2D eigenvalue weighted by molar-refractivity contribution is -0.142. The predicted molar refractivity (Wildman–Crippen MR) is 75.9 cm³/mol. The Morgan fingerprint density at radius 1 is 1.53 bits per heavy atom. The highest BCUT2D eigenvalue weighted by Crippen LogP contribution is 2.30. The van der Waals surface area contributed by atoms with E-state index in [1.807, 2.05) is 17.0 Å². The Bertz CT molecular complexity index is 525. The van der Waals surface area contributed by atoms with E-state index in [4.69, 9.17) is 4.74 Å². The fraction of sp³-hybridized carbons (Fsp3) is 0.429. The molecule has 0 saturated carbocycles. The summed E-state index contributed by atoms with van der Waals surface area (Å²) in [5.41, 5.74) is 1.38. The van der Waals surface area contributed by atoms with Crippen LogP contribution in [0.5, 0.6) is 0 Å². The molecule has 1 heterocycles. The van der Waals surface area contributed by atoms with Crippen molar-refractivity contribution < 1.29 is 9.53 Å². The summed E-state index contributed by atoms with van der Waals surface area (Å²) in [5, 5.41) is 9.24. The van der Waals surface area contributed by atoms with Crippen molar-refractivity contribution in [2.75, 3.05) is 18.6 Å². The summed E-state index contributed by atoms with van der Waals surface area (Å²) in [4.78, 5) is 13.8. The van der Waals surface area contributed by atoms with E-state index >= 15 is 0 Å². The largest absolute Gasteiger partial charge is 0.467 e. The van der Waals surface area contributed by atoms with Crippen molar-refractivity contribution in [3.63, 3.8) is 0 Å². The normalized spacial score (nSPS) is 18.8. The molecule has 100 valence electrons. The number of nitrogens with zero attached hydrogens (tertiary/aromatic N) is 2. The van der Waals surface area contributed by atoms with Gasteiger partial charge in [-0.2, -0.15) is 5.26 Å². The summed E-state index contributed by atoms with van der Waals surface area (Å²) in [7, 11) is 1.40. The van der Waals surface area contributed by atoms with Gasteiger partial charge in [-0.1, -0.05) is 15.9 Å². The minimum absolute atomic E-state index is 0.230. The molecule has 19 heavy (non-hydrogen) atoms. The molecular weight excluding hydrogens is 308 g/mol. The molecule has 0 aromatic heterocycles. The van der Waals surface area contributed by atoms with Crippen molar-refractivity contribution in [3.8, 4) is 6.07 Å². The minimum atomic E-state index is -0.285. The summed E-state index contributed by atoms with van der Waals surface area (Å²) in [5.74, 6) is -0.230. The van der Waals surface area contributed by atoms with Gasteiger partial charge in [0.05, 0.1) is 18.4 Å². The Morgan fingerprint density at radius 3 is 3.00 bits per heavy atom. The van der Waals surface area contributed by atoms with Crippen molar-refractivity contribution in [1.29, 1.82) is 5.26 Å². The first kappa shape index (κ1) is 13.9. The zero-order chi connectivity index (χ0) is 13.8. The van der Waals surface area contributed by atoms with E-state index in [-0.39, 0.29) is 12.0 Å². The molecule has 5 heteroatoms. The molecule has 1 atom stereocenters. The molecule has 0 radical (unpaired) electrons. The molecule has 1 aromatic carbocycles. The fourth-order valence-corrected chi connectivity index (χ4v) is 2.81. The van der Waals surface area contributed by atoms with Crippen LogP contribution in [0.25, 0.3) is 0 Å². The number of carbonyl (C=O) groups is 1. The van der Waals surface area contributed by atoms with Gasteiger partial charge >= 0.3 is 5.97 Å². The monoisotopic (exact) mass is 322 g/mol. The highest BCUT2D eigenvalue weighted by atomic mass is 79.9. The number of carbonyl (C=O) groups excluding carboxylic acids is 1. The number of anilines is 1. The summed E-state index contributed by atoms with van der Waals surface area (Å²) in [6.07, 6.45) is 2.80. The lowest BCUT2D eigenvalue weighted by atomic mass is 10.00. The second-order valence-corrected chi connectivity index (χ2v) is 5.42. The maximum atomic E-state index is 11.9. The van der Waals surface area contributed by atoms with Crippen molar-refractivity contribution in [2.24, 2.45) is 0 Å². The molecule has 1 aromatic rings. The van der Waals surface area contributed by atoms with E-state index in [1.54, 1.807) is 6.07 Å². The number of rotatable bonds is 2. The molecule has 1 aliphatic rings. The van der Waals surface area contributed by atoms with Crippen molar-refractivity contribution in [2.45, 2.75) is 25.3 Å². The molecule has 1 aliphatic heterocycles. The quantitative estimate of drug-likeness (QED) is 0.786. The lowest BCUT2D eigenvalue weighted by Gasteiger charge is -2.36. The summed E-state index contributed by atoms with van der Waals surface area (Å²) >= 11 is 3.36. The van der Waals surface area contributed by atoms with E-state index in [0.29, 0.717) is 5.56 Å². The van der Waals surface area contributed by atoms with Crippen LogP contribution in [0.15, 0.2) is 22.7 Å². The number of benzene rings is 1. The van der Waals surface area contributed by atoms with Crippen molar-refractivity contribution in [1.82, 2.24) is 0 Å². The number of nitriles is 1. The Hall–Kier alpha value is -1.54. The van der Waals surface area contributed by atoms with Crippen LogP contribution < -0.4 is 4.90 Å². The van der Waals surface area contributed by atoms with Gasteiger partial charge in [-0.25, -0.2) is 4.79 Å². The van der Waals surface area contributed by atoms with Crippen LogP contribution in [-0.4, -0.2) is 25.7 Å². The molecule has 2 rings (SSSR count). The number of hydrogen-bond donors (Lipinski definition) is 0. The molecule has 0 spiro atoms. The molecule has 0 amide bonds. The highest BCUT2D eigenvalue weighted by molar-refractivity contribution is 9.10. The van der Waals surface area contributed by atoms with Gasteiger partial charge in [0.25, 0.3) is 0 Å². The summed E-state index contributed by atoms with van der Waals surface area (Å²) in [6, 6.07) is 7.45. The first-order valence-electron chi connectivity index (χ1n) is 6.21. The molecular formula is C14H15BrN2O2. The standard InChI is InChI=1S/C14H15BrN2O2/c1-19-14(18)13-4-2-3-7-17(13)12-6-5-11(15)8-10(12)9-16/h5-6,8,13H,2-4,7H2,1H3. The molecule has 1 fully saturated rings. The van der Waals surface area contributed by atoms with Crippen LogP contribution in [0.2, 0.25) is 0 Å². The smallest absolute Gasteiger partial charge is 0.328 e. The predicted octanol–water partition coefficient (Wildman–Crippen LogP) is 2.85. The van der Waals surface area contributed by atoms with Crippen LogP contribution in [-0.2, 0) is 9.53 Å². The van der Waals surface area contributed by atoms with E-state index in [2.05, 4.69) is 22.0 Å². The van der Waals surface area contributed by atoms with E-state index in [1.165, 1.54) is 7.11 Å². The van der Waals surface area contributed by atoms with Crippen LogP contribution in [0.4, 0.5) is 5.69 Å². The number of ether oxygens (including phenoxy) is 1. The number of halogens is 1. The Kier molecular flexibility index (Phi) is 4.43. The van der Waals surface area contributed by atoms with Gasteiger partial charge < -0.3 is 9.64 Å². The van der Waals surface area contributed by atoms with E-state index in [9.17, 15) is 10.1 Å². The van der Waals surface area contributed by atoms with E-state index in [0.717, 1.165) is 36.0 Å². The second-order valence-electron chi connectivity index (χ2n) is 4.50. The maximum absolute atomic E-state index is 11.9. The fourth-order valence-electron chi connectivity index (χ4n) is 2.45. The SMILES string of the molecule is COC(=O)C1CCCCN1c1ccc(Br)cc1C#N. The van der Waals surface area contributed by atoms with Crippen LogP contribution in [0.1, 0.15) is 24.8 Å². The van der Waals surface area contributed by atoms with Gasteiger partial charge in [0.1, 0.15) is 12.1 Å². The number of piperidine rings is 1. The Labute approximate surface area is 121 Å². The molecule has 0 N–H and O–H groups in total. The lowest BCUT2D eigenvalue weighted by Crippen LogP contribution is -2.45. The van der Waals surface area contributed by atoms with Gasteiger partial charge in [0.2, 0.25) is 0 Å². The number of hydrogen-bond acceptors (Lipinski definition) is 4. The second kappa shape index (κ2) is 6.07. The average Bonchev–Trinajstić information content (AvgIpc) is 2.46. The molecule has 4 nitrogen and oxygen atoms in total. The zero-order valence-electron chi connectivity index (χ0n) is 10.7. The van der Waals surface area contributed by atoms with Crippen molar-refractivity contribution >= 4 is 27.6 Å². The first-order chi connectivity index (χ1) is 9.17. The zero-order valence-corrected chi connectivity index (χ0v) is 12.3. The third-order valence-corrected chi connectivity index (χ3v) is 3.86. The Morgan fingerprint density at radius 2 is 2.32 bits per heavy atom. The van der Waals surface area contributed by atoms with Crippen molar-refractivity contribution in [3.05, 3.63) is 28.2 Å². The van der Waals surface area contributed by atoms with Gasteiger partial charge in [-0.3, -0.25) is 0 Å². The van der Waals surface area contributed by atoms with Gasteiger partial charge in [0, 0.05) is 11.0 Å². The highest BCUT2D eigenvalue weighted by Gasteiger charge is 2.30. The number of methoxy groups -OCH3 is 1. The van der Waals surface area contributed by atoms with Gasteiger partial charge in [-0.15, -0.1) is 0 Å². The molecule has 0 bridgehead atoms. The minimum Gasteiger partial charge on any atom is -0.467 e. The first-order valence-corrected chi connectivity index (χ1v) is 7.01. The molecule has 0 aliphatic carbocycles. The third kappa shape index (κ3) is 2.90. The molecule has 1 unspecified atom stereocenters. The summed E-state index contributed by atoms with van der Waals surface area (Å²) in [6.45, 7) is 0.774. The van der Waals surface area contributed by atoms with Crippen LogP contribution >= 0.6 is 15.9 Å². The topological polar surface area (TPSA) is 53.3 Å². The van der Waals surface area contributed by atoms with Crippen LogP contribution in [0.3, 0.4) is 0 Å². The van der Waals surface area contributed by atoms with E-state index < -0.39 is 0 Å². The number of esters is 1. The van der Waals surface area contributed by atoms with Gasteiger partial charge in [0.15, 0.2) is 0 Å².